The summed E-state index contributed by atoms with van der Waals surface area (Å²) in [6.45, 7) is 5.51. The van der Waals surface area contributed by atoms with E-state index in [0.29, 0.717) is 53.3 Å². The Labute approximate surface area is 270 Å². The van der Waals surface area contributed by atoms with Gasteiger partial charge in [-0.05, 0) is 54.3 Å². The molecule has 0 unspecified atom stereocenters. The second-order valence-electron chi connectivity index (χ2n) is 10.0. The van der Waals surface area contributed by atoms with Crippen LogP contribution in [0.1, 0.15) is 59.3 Å². The van der Waals surface area contributed by atoms with Gasteiger partial charge in [0.15, 0.2) is 0 Å². The number of methoxy groups -OCH3 is 1. The molecule has 8 heteroatoms. The van der Waals surface area contributed by atoms with Crippen molar-refractivity contribution in [2.45, 2.75) is 46.1 Å². The lowest BCUT2D eigenvalue weighted by atomic mass is 10.1. The van der Waals surface area contributed by atoms with Crippen molar-refractivity contribution in [1.82, 2.24) is 0 Å². The van der Waals surface area contributed by atoms with Crippen LogP contribution in [0.2, 0.25) is 0 Å². The second-order valence-corrected chi connectivity index (χ2v) is 11.2. The lowest BCUT2D eigenvalue weighted by molar-refractivity contribution is 0.0598. The number of carbonyl (C=O) groups excluding carboxylic acids is 1. The van der Waals surface area contributed by atoms with Crippen molar-refractivity contribution in [2.24, 2.45) is 0 Å². The third-order valence-electron chi connectivity index (χ3n) is 6.92. The Balaban J connectivity index is 1.41. The molecule has 6 nitrogen and oxygen atoms in total. The van der Waals surface area contributed by atoms with Crippen LogP contribution in [0, 0.1) is 0 Å². The molecule has 0 spiro atoms. The Hall–Kier alpha value is -4.01. The summed E-state index contributed by atoms with van der Waals surface area (Å²) >= 11 is 9.83. The zero-order chi connectivity index (χ0) is 31.3. The van der Waals surface area contributed by atoms with E-state index < -0.39 is 5.97 Å². The minimum absolute atomic E-state index is 0.366. The van der Waals surface area contributed by atoms with Crippen molar-refractivity contribution in [3.8, 4) is 28.7 Å². The molecule has 0 saturated carbocycles. The van der Waals surface area contributed by atoms with Crippen LogP contribution in [0.5, 0.6) is 28.7 Å². The Morgan fingerprint density at radius 3 is 2.14 bits per heavy atom. The molecule has 0 aliphatic rings. The molecular weight excluding hydrogens is 593 g/mol. The number of rotatable bonds is 16. The van der Waals surface area contributed by atoms with Gasteiger partial charge in [-0.3, -0.25) is 0 Å². The van der Waals surface area contributed by atoms with E-state index in [0.717, 1.165) is 53.0 Å². The second kappa shape index (κ2) is 16.7. The average molecular weight is 631 g/mol. The van der Waals surface area contributed by atoms with Crippen molar-refractivity contribution in [1.29, 1.82) is 0 Å². The number of para-hydroxylation sites is 1. The van der Waals surface area contributed by atoms with Gasteiger partial charge in [0, 0.05) is 23.6 Å². The number of hydrogen-bond donors (Lipinski definition) is 1. The fourth-order valence-corrected chi connectivity index (χ4v) is 5.02. The van der Waals surface area contributed by atoms with Gasteiger partial charge in [-0.15, -0.1) is 12.6 Å². The van der Waals surface area contributed by atoms with Crippen molar-refractivity contribution < 1.29 is 28.5 Å². The van der Waals surface area contributed by atoms with Crippen molar-refractivity contribution >= 4 is 35.0 Å². The van der Waals surface area contributed by atoms with Crippen LogP contribution in [-0.2, 0) is 24.2 Å². The molecule has 4 aromatic rings. The van der Waals surface area contributed by atoms with E-state index in [-0.39, 0.29) is 0 Å². The number of thiol groups is 1. The normalized spacial score (nSPS) is 10.6. The summed E-state index contributed by atoms with van der Waals surface area (Å²) in [5, 5.41) is 0. The number of aryl methyl sites for hydroxylation is 1. The first kappa shape index (κ1) is 32.9. The van der Waals surface area contributed by atoms with Crippen LogP contribution >= 0.6 is 24.8 Å². The third kappa shape index (κ3) is 8.77. The molecule has 0 aliphatic carbocycles. The van der Waals surface area contributed by atoms with Gasteiger partial charge in [-0.25, -0.2) is 4.79 Å². The highest BCUT2D eigenvalue weighted by Crippen LogP contribution is 2.35. The first-order valence-electron chi connectivity index (χ1n) is 14.7. The van der Waals surface area contributed by atoms with E-state index in [1.54, 1.807) is 18.2 Å². The van der Waals surface area contributed by atoms with Gasteiger partial charge < -0.3 is 23.7 Å². The number of hydrogen-bond acceptors (Lipinski definition) is 7. The quantitative estimate of drug-likeness (QED) is 0.0575. The zero-order valence-electron chi connectivity index (χ0n) is 25.3. The maximum Gasteiger partial charge on any atom is 0.341 e. The summed E-state index contributed by atoms with van der Waals surface area (Å²) in [6.07, 6.45) is 3.10. The first-order valence-corrected chi connectivity index (χ1v) is 15.6. The van der Waals surface area contributed by atoms with Crippen LogP contribution in [0.4, 0.5) is 0 Å². The van der Waals surface area contributed by atoms with E-state index in [4.69, 9.17) is 35.9 Å². The summed E-state index contributed by atoms with van der Waals surface area (Å²) < 4.78 is 30.2. The van der Waals surface area contributed by atoms with Gasteiger partial charge in [-0.1, -0.05) is 81.0 Å². The average Bonchev–Trinajstić information content (AvgIpc) is 3.05. The summed E-state index contributed by atoms with van der Waals surface area (Å²) in [7, 11) is 1.36. The largest absolute Gasteiger partial charge is 0.493 e. The minimum Gasteiger partial charge on any atom is -0.493 e. The van der Waals surface area contributed by atoms with E-state index in [1.165, 1.54) is 7.11 Å². The Morgan fingerprint density at radius 1 is 0.750 bits per heavy atom. The number of esters is 1. The van der Waals surface area contributed by atoms with Crippen LogP contribution in [-0.4, -0.2) is 30.5 Å². The topological polar surface area (TPSA) is 63.2 Å². The fourth-order valence-electron chi connectivity index (χ4n) is 4.69. The minimum atomic E-state index is -0.450. The standard InChI is InChI=1S/C36H38O6S2/c1-4-13-27-30(18-11-19-31(27)42-32-17-10-9-16-28(32)35(37)38-3)39-20-12-21-40-33-23-34(29(36(43)44)22-26(33)5-2)41-24-25-14-7-6-8-15-25/h6-11,14-19,22-23H,4-5,12-13,20-21,24H2,1-3H3,(H,43,44). The van der Waals surface area contributed by atoms with Crippen molar-refractivity contribution in [3.63, 3.8) is 0 Å². The van der Waals surface area contributed by atoms with Gasteiger partial charge in [0.1, 0.15) is 40.9 Å². The van der Waals surface area contributed by atoms with Crippen LogP contribution in [0.25, 0.3) is 0 Å². The predicted octanol–water partition coefficient (Wildman–Crippen LogP) is 8.81. The van der Waals surface area contributed by atoms with E-state index >= 15 is 0 Å². The molecule has 0 radical (unpaired) electrons. The summed E-state index contributed by atoms with van der Waals surface area (Å²) in [5.41, 5.74) is 4.19. The number of thiocarbonyl (C=S) groups is 1. The molecule has 0 fully saturated rings. The third-order valence-corrected chi connectivity index (χ3v) is 7.38. The zero-order valence-corrected chi connectivity index (χ0v) is 27.0. The predicted molar refractivity (Wildman–Crippen MR) is 181 cm³/mol. The van der Waals surface area contributed by atoms with Gasteiger partial charge in [0.05, 0.1) is 24.5 Å². The summed E-state index contributed by atoms with van der Waals surface area (Å²) in [6, 6.07) is 26.7. The number of ether oxygens (including phenoxy) is 5. The van der Waals surface area contributed by atoms with E-state index in [1.807, 2.05) is 66.7 Å². The Bertz CT molecular complexity index is 1550. The molecule has 44 heavy (non-hydrogen) atoms. The smallest absolute Gasteiger partial charge is 0.341 e. The molecule has 0 saturated heterocycles. The molecule has 0 N–H and O–H groups in total. The summed E-state index contributed by atoms with van der Waals surface area (Å²) in [4.78, 5) is 12.2. The fraction of sp³-hybridized carbons (Fsp3) is 0.278. The van der Waals surface area contributed by atoms with Crippen LogP contribution < -0.4 is 18.9 Å². The SMILES string of the molecule is CCCc1c(OCCCOc2cc(OCc3ccccc3)c(C(=S)S)cc2CC)cccc1Oc1ccccc1C(=O)OC. The van der Waals surface area contributed by atoms with Gasteiger partial charge >= 0.3 is 5.97 Å². The number of carbonyl (C=O) groups is 1. The van der Waals surface area contributed by atoms with Crippen molar-refractivity contribution in [3.05, 3.63) is 113 Å². The van der Waals surface area contributed by atoms with Gasteiger partial charge in [0.25, 0.3) is 0 Å². The van der Waals surface area contributed by atoms with Crippen LogP contribution in [0.3, 0.4) is 0 Å². The molecule has 230 valence electrons. The van der Waals surface area contributed by atoms with Gasteiger partial charge in [0.2, 0.25) is 0 Å². The summed E-state index contributed by atoms with van der Waals surface area (Å²) in [5.74, 6) is 2.79. The molecule has 0 heterocycles. The van der Waals surface area contributed by atoms with Crippen LogP contribution in [0.15, 0.2) is 84.9 Å². The molecular formula is C36H38O6S2. The highest BCUT2D eigenvalue weighted by atomic mass is 32.1. The lowest BCUT2D eigenvalue weighted by Gasteiger charge is -2.18. The van der Waals surface area contributed by atoms with E-state index in [9.17, 15) is 4.79 Å². The molecule has 0 bridgehead atoms. The molecule has 4 aromatic carbocycles. The molecule has 0 atom stereocenters. The lowest BCUT2D eigenvalue weighted by Crippen LogP contribution is -2.09. The molecule has 0 aromatic heterocycles. The highest BCUT2D eigenvalue weighted by molar-refractivity contribution is 8.11. The van der Waals surface area contributed by atoms with Gasteiger partial charge in [-0.2, -0.15) is 0 Å². The Kier molecular flexibility index (Phi) is 12.5. The van der Waals surface area contributed by atoms with E-state index in [2.05, 4.69) is 26.5 Å². The monoisotopic (exact) mass is 630 g/mol. The first-order chi connectivity index (χ1) is 21.4. The molecule has 4 rings (SSSR count). The maximum atomic E-state index is 12.2. The molecule has 0 aliphatic heterocycles. The van der Waals surface area contributed by atoms with Crippen molar-refractivity contribution in [2.75, 3.05) is 20.3 Å². The Morgan fingerprint density at radius 2 is 1.43 bits per heavy atom. The number of benzene rings is 4. The maximum absolute atomic E-state index is 12.2. The highest BCUT2D eigenvalue weighted by Gasteiger charge is 2.17. The molecule has 0 amide bonds.